The normalized spacial score (nSPS) is 20.8. The number of benzene rings is 1. The van der Waals surface area contributed by atoms with E-state index in [9.17, 15) is 5.11 Å². The number of phenolic OH excluding ortho intramolecular Hbond substituents is 1. The third-order valence-corrected chi connectivity index (χ3v) is 4.61. The number of hydrogen-bond acceptors (Lipinski definition) is 5. The van der Waals surface area contributed by atoms with Gasteiger partial charge in [0.2, 0.25) is 0 Å². The number of aryl methyl sites for hydroxylation is 1. The second-order valence-electron chi connectivity index (χ2n) is 6.32. The number of aromatic nitrogens is 1. The average molecular weight is 316 g/mol. The molecule has 5 heteroatoms. The minimum absolute atomic E-state index is 0.187. The zero-order valence-electron chi connectivity index (χ0n) is 13.7. The van der Waals surface area contributed by atoms with Gasteiger partial charge in [0.1, 0.15) is 5.76 Å². The van der Waals surface area contributed by atoms with Crippen molar-refractivity contribution in [1.29, 1.82) is 0 Å². The van der Waals surface area contributed by atoms with Gasteiger partial charge in [0.05, 0.1) is 12.8 Å². The molecule has 1 aliphatic carbocycles. The van der Waals surface area contributed by atoms with Crippen LogP contribution in [0.15, 0.2) is 28.8 Å². The van der Waals surface area contributed by atoms with Gasteiger partial charge in [-0.15, -0.1) is 0 Å². The fraction of sp³-hybridized carbons (Fsp3) is 0.500. The van der Waals surface area contributed by atoms with Crippen LogP contribution in [-0.2, 0) is 13.0 Å². The van der Waals surface area contributed by atoms with Gasteiger partial charge < -0.3 is 19.7 Å². The molecule has 0 saturated heterocycles. The second kappa shape index (κ2) is 7.04. The molecule has 1 heterocycles. The Morgan fingerprint density at radius 3 is 2.91 bits per heavy atom. The fourth-order valence-electron chi connectivity index (χ4n) is 3.42. The molecule has 124 valence electrons. The van der Waals surface area contributed by atoms with Crippen molar-refractivity contribution in [2.75, 3.05) is 7.11 Å². The zero-order chi connectivity index (χ0) is 16.2. The molecule has 2 N–H and O–H groups in total. The van der Waals surface area contributed by atoms with Crippen LogP contribution in [0.4, 0.5) is 0 Å². The highest BCUT2D eigenvalue weighted by Crippen LogP contribution is 2.30. The first-order valence-corrected chi connectivity index (χ1v) is 8.17. The van der Waals surface area contributed by atoms with Crippen LogP contribution in [0, 0.1) is 12.8 Å². The number of nitrogens with zero attached hydrogens (tertiary/aromatic N) is 1. The van der Waals surface area contributed by atoms with Gasteiger partial charge in [-0.1, -0.05) is 17.6 Å². The Morgan fingerprint density at radius 2 is 2.22 bits per heavy atom. The Labute approximate surface area is 136 Å². The summed E-state index contributed by atoms with van der Waals surface area (Å²) in [6.45, 7) is 2.70. The SMILES string of the molecule is COc1ccc(CN[C@@H]2CCC[C@H]2Cc2cc(C)no2)cc1O. The van der Waals surface area contributed by atoms with E-state index in [1.54, 1.807) is 19.2 Å². The number of nitrogens with one attached hydrogen (secondary N) is 1. The summed E-state index contributed by atoms with van der Waals surface area (Å²) in [6.07, 6.45) is 4.57. The molecule has 5 nitrogen and oxygen atoms in total. The van der Waals surface area contributed by atoms with E-state index >= 15 is 0 Å². The van der Waals surface area contributed by atoms with Crippen molar-refractivity contribution >= 4 is 0 Å². The first kappa shape index (κ1) is 15.9. The molecule has 0 spiro atoms. The summed E-state index contributed by atoms with van der Waals surface area (Å²) < 4.78 is 10.4. The highest BCUT2D eigenvalue weighted by atomic mass is 16.5. The monoisotopic (exact) mass is 316 g/mol. The summed E-state index contributed by atoms with van der Waals surface area (Å²) in [5.74, 6) is 2.25. The molecule has 0 bridgehead atoms. The summed E-state index contributed by atoms with van der Waals surface area (Å²) in [7, 11) is 1.56. The topological polar surface area (TPSA) is 67.5 Å². The van der Waals surface area contributed by atoms with E-state index in [2.05, 4.69) is 10.5 Å². The maximum Gasteiger partial charge on any atom is 0.160 e. The standard InChI is InChI=1S/C18H24N2O3/c1-12-8-15(23-20-12)10-14-4-3-5-16(14)19-11-13-6-7-18(22-2)17(21)9-13/h6-9,14,16,19,21H,3-5,10-11H2,1-2H3/t14-,16+/m0/s1. The molecule has 0 radical (unpaired) electrons. The fourth-order valence-corrected chi connectivity index (χ4v) is 3.42. The van der Waals surface area contributed by atoms with E-state index in [1.807, 2.05) is 19.1 Å². The number of phenols is 1. The molecule has 3 rings (SSSR count). The van der Waals surface area contributed by atoms with Crippen molar-refractivity contribution in [3.63, 3.8) is 0 Å². The van der Waals surface area contributed by atoms with Crippen molar-refractivity contribution in [2.24, 2.45) is 5.92 Å². The average Bonchev–Trinajstić information content (AvgIpc) is 3.15. The highest BCUT2D eigenvalue weighted by molar-refractivity contribution is 5.41. The predicted octanol–water partition coefficient (Wildman–Crippen LogP) is 3.20. The van der Waals surface area contributed by atoms with Crippen LogP contribution < -0.4 is 10.1 Å². The molecule has 1 aliphatic rings. The first-order valence-electron chi connectivity index (χ1n) is 8.17. The number of rotatable bonds is 6. The quantitative estimate of drug-likeness (QED) is 0.856. The zero-order valence-corrected chi connectivity index (χ0v) is 13.7. The van der Waals surface area contributed by atoms with Gasteiger partial charge in [-0.2, -0.15) is 0 Å². The smallest absolute Gasteiger partial charge is 0.160 e. The number of methoxy groups -OCH3 is 1. The predicted molar refractivity (Wildman–Crippen MR) is 87.6 cm³/mol. The molecule has 23 heavy (non-hydrogen) atoms. The molecular formula is C18H24N2O3. The lowest BCUT2D eigenvalue weighted by Gasteiger charge is -2.20. The van der Waals surface area contributed by atoms with Gasteiger partial charge >= 0.3 is 0 Å². The van der Waals surface area contributed by atoms with Crippen LogP contribution in [-0.4, -0.2) is 23.4 Å². The first-order chi connectivity index (χ1) is 11.2. The number of ether oxygens (including phenoxy) is 1. The third kappa shape index (κ3) is 3.85. The Morgan fingerprint density at radius 1 is 1.35 bits per heavy atom. The van der Waals surface area contributed by atoms with Crippen LogP contribution in [0.1, 0.15) is 36.3 Å². The lowest BCUT2D eigenvalue weighted by atomic mass is 9.97. The maximum atomic E-state index is 9.86. The molecule has 1 aromatic heterocycles. The van der Waals surface area contributed by atoms with Crippen LogP contribution in [0.25, 0.3) is 0 Å². The van der Waals surface area contributed by atoms with Gasteiger partial charge in [-0.05, 0) is 43.4 Å². The van der Waals surface area contributed by atoms with Gasteiger partial charge in [-0.3, -0.25) is 0 Å². The number of hydrogen-bond donors (Lipinski definition) is 2. The molecule has 2 aromatic rings. The van der Waals surface area contributed by atoms with Gasteiger partial charge in [0.15, 0.2) is 11.5 Å². The van der Waals surface area contributed by atoms with Gasteiger partial charge in [-0.25, -0.2) is 0 Å². The molecule has 2 atom stereocenters. The number of aromatic hydroxyl groups is 1. The van der Waals surface area contributed by atoms with Crippen LogP contribution in [0.2, 0.25) is 0 Å². The largest absolute Gasteiger partial charge is 0.504 e. The van der Waals surface area contributed by atoms with Crippen molar-refractivity contribution in [1.82, 2.24) is 10.5 Å². The van der Waals surface area contributed by atoms with E-state index in [4.69, 9.17) is 9.26 Å². The molecule has 1 saturated carbocycles. The maximum absolute atomic E-state index is 9.86. The van der Waals surface area contributed by atoms with Crippen LogP contribution >= 0.6 is 0 Å². The van der Waals surface area contributed by atoms with Crippen molar-refractivity contribution in [3.05, 3.63) is 41.3 Å². The van der Waals surface area contributed by atoms with Gasteiger partial charge in [0.25, 0.3) is 0 Å². The summed E-state index contributed by atoms with van der Waals surface area (Å²) in [4.78, 5) is 0. The summed E-state index contributed by atoms with van der Waals surface area (Å²) in [5.41, 5.74) is 2.00. The van der Waals surface area contributed by atoms with Crippen molar-refractivity contribution in [2.45, 2.75) is 45.2 Å². The van der Waals surface area contributed by atoms with Gasteiger partial charge in [0, 0.05) is 25.1 Å². The Balaban J connectivity index is 1.57. The summed E-state index contributed by atoms with van der Waals surface area (Å²) in [6, 6.07) is 8.04. The molecule has 1 aromatic carbocycles. The molecule has 0 unspecified atom stereocenters. The second-order valence-corrected chi connectivity index (χ2v) is 6.32. The van der Waals surface area contributed by atoms with E-state index in [1.165, 1.54) is 19.3 Å². The van der Waals surface area contributed by atoms with E-state index in [0.717, 1.165) is 30.0 Å². The minimum atomic E-state index is 0.187. The molecule has 1 fully saturated rings. The molecule has 0 aliphatic heterocycles. The molecule has 0 amide bonds. The lowest BCUT2D eigenvalue weighted by Crippen LogP contribution is -2.32. The summed E-state index contributed by atoms with van der Waals surface area (Å²) >= 11 is 0. The summed E-state index contributed by atoms with van der Waals surface area (Å²) in [5, 5.41) is 17.5. The Bertz CT molecular complexity index is 653. The third-order valence-electron chi connectivity index (χ3n) is 4.61. The van der Waals surface area contributed by atoms with E-state index in [0.29, 0.717) is 17.7 Å². The Kier molecular flexibility index (Phi) is 4.86. The van der Waals surface area contributed by atoms with E-state index < -0.39 is 0 Å². The molecular weight excluding hydrogens is 292 g/mol. The lowest BCUT2D eigenvalue weighted by molar-refractivity contribution is 0.329. The van der Waals surface area contributed by atoms with Crippen molar-refractivity contribution < 1.29 is 14.4 Å². The highest BCUT2D eigenvalue weighted by Gasteiger charge is 2.28. The van der Waals surface area contributed by atoms with E-state index in [-0.39, 0.29) is 5.75 Å². The minimum Gasteiger partial charge on any atom is -0.504 e. The Hall–Kier alpha value is -2.01. The van der Waals surface area contributed by atoms with Crippen LogP contribution in [0.5, 0.6) is 11.5 Å². The van der Waals surface area contributed by atoms with Crippen molar-refractivity contribution in [3.8, 4) is 11.5 Å². The van der Waals surface area contributed by atoms with Crippen LogP contribution in [0.3, 0.4) is 0 Å².